The van der Waals surface area contributed by atoms with Gasteiger partial charge in [0.05, 0.1) is 25.9 Å². The van der Waals surface area contributed by atoms with Crippen LogP contribution in [0.5, 0.6) is 0 Å². The Morgan fingerprint density at radius 2 is 1.59 bits per heavy atom. The first-order valence-electron chi connectivity index (χ1n) is 6.01. The Hall–Kier alpha value is -1.52. The van der Waals surface area contributed by atoms with Crippen LogP contribution in [0.15, 0.2) is 0 Å². The van der Waals surface area contributed by atoms with E-state index in [1.54, 1.807) is 6.92 Å². The Kier molecular flexibility index (Phi) is 16.7. The van der Waals surface area contributed by atoms with Gasteiger partial charge < -0.3 is 38.7 Å². The number of hydrogen-bond acceptors (Lipinski definition) is 6. The van der Waals surface area contributed by atoms with Gasteiger partial charge in [0.2, 0.25) is 0 Å². The molecule has 0 bridgehead atoms. The van der Waals surface area contributed by atoms with Gasteiger partial charge in [-0.05, 0) is 13.0 Å². The van der Waals surface area contributed by atoms with Crippen molar-refractivity contribution < 1.29 is 47.5 Å². The minimum absolute atomic E-state index is 0. The van der Waals surface area contributed by atoms with Crippen LogP contribution in [0.2, 0.25) is 0 Å². The van der Waals surface area contributed by atoms with Gasteiger partial charge >= 0.3 is 6.11 Å². The molecule has 0 aliphatic carbocycles. The van der Waals surface area contributed by atoms with Crippen LogP contribution in [0.1, 0.15) is 13.3 Å². The summed E-state index contributed by atoms with van der Waals surface area (Å²) < 4.78 is 54.3. The van der Waals surface area contributed by atoms with Gasteiger partial charge in [-0.25, -0.2) is 0 Å². The van der Waals surface area contributed by atoms with Crippen molar-refractivity contribution in [1.82, 2.24) is 0 Å². The summed E-state index contributed by atoms with van der Waals surface area (Å²) in [5.41, 5.74) is 0. The third-order valence-electron chi connectivity index (χ3n) is 1.79. The van der Waals surface area contributed by atoms with Crippen molar-refractivity contribution in [3.8, 4) is 0 Å². The average Bonchev–Trinajstić information content (AvgIpc) is 2.37. The molecule has 0 aromatic rings. The molecule has 11 heteroatoms. The second-order valence-corrected chi connectivity index (χ2v) is 3.93. The third-order valence-corrected chi connectivity index (χ3v) is 1.79. The molecule has 6 nitrogen and oxygen atoms in total. The summed E-state index contributed by atoms with van der Waals surface area (Å²) in [4.78, 5) is 0. The Labute approximate surface area is 119 Å². The molecule has 132 valence electrons. The summed E-state index contributed by atoms with van der Waals surface area (Å²) in [6.07, 6.45) is -7.01. The first kappa shape index (κ1) is 25.4. The molecule has 0 aliphatic rings. The van der Waals surface area contributed by atoms with E-state index in [2.05, 4.69) is 9.47 Å². The second kappa shape index (κ2) is 14.4. The SMILES string of the molecule is CCC(O)COCC(O)(F)F.OCC(O)COC[C-](F)F.[Rf]. The molecule has 0 spiro atoms. The van der Waals surface area contributed by atoms with Crippen molar-refractivity contribution in [1.29, 1.82) is 0 Å². The van der Waals surface area contributed by atoms with E-state index in [9.17, 15) is 17.6 Å². The predicted molar refractivity (Wildman–Crippen MR) is 63.7 cm³/mol. The largest absolute Gasteiger partial charge is 0.419 e. The zero-order valence-corrected chi connectivity index (χ0v) is 18.6. The molecule has 0 aromatic carbocycles. The zero-order chi connectivity index (χ0) is 16.9. The van der Waals surface area contributed by atoms with Crippen LogP contribution >= 0.6 is 0 Å². The summed E-state index contributed by atoms with van der Waals surface area (Å²) in [5, 5.41) is 33.4. The standard InChI is InChI=1S/C6H12F2O3.C5H9F2O3.Rf/c1-2-5(9)3-11-4-6(7,8)10;6-5(7)3-10-2-4(9)1-8;/h5,9-10H,2-4H2,1H3;4,8-9H,1-3H2;/q;-1;. The summed E-state index contributed by atoms with van der Waals surface area (Å²) in [6.45, 7) is -1.07. The third kappa shape index (κ3) is 23.6. The molecule has 0 aliphatic heterocycles. The van der Waals surface area contributed by atoms with Crippen molar-refractivity contribution in [3.63, 3.8) is 0 Å². The van der Waals surface area contributed by atoms with E-state index < -0.39 is 44.6 Å². The van der Waals surface area contributed by atoms with Gasteiger partial charge in [-0.2, -0.15) is 8.78 Å². The maximum atomic E-state index is 11.6. The number of halogens is 4. The Balaban J connectivity index is -0.000000315. The topological polar surface area (TPSA) is 99.4 Å². The maximum absolute atomic E-state index is 11.6. The van der Waals surface area contributed by atoms with Gasteiger partial charge in [-0.1, -0.05) is 6.92 Å². The van der Waals surface area contributed by atoms with E-state index in [1.165, 1.54) is 0 Å². The van der Waals surface area contributed by atoms with Crippen molar-refractivity contribution in [2.24, 2.45) is 0 Å². The normalized spacial score (nSPS) is 13.9. The van der Waals surface area contributed by atoms with Crippen molar-refractivity contribution in [2.75, 3.05) is 33.0 Å². The summed E-state index contributed by atoms with van der Waals surface area (Å²) in [7, 11) is 0. The number of alkyl halides is 2. The molecule has 4 N–H and O–H groups in total. The van der Waals surface area contributed by atoms with Crippen molar-refractivity contribution in [3.05, 3.63) is 6.43 Å². The van der Waals surface area contributed by atoms with Crippen molar-refractivity contribution in [2.45, 2.75) is 31.7 Å². The first-order valence-corrected chi connectivity index (χ1v) is 6.01. The van der Waals surface area contributed by atoms with E-state index in [-0.39, 0.29) is 13.2 Å². The fourth-order valence-corrected chi connectivity index (χ4v) is 0.760. The predicted octanol–water partition coefficient (Wildman–Crippen LogP) is 0.144. The van der Waals surface area contributed by atoms with Gasteiger partial charge in [0.1, 0.15) is 12.7 Å². The van der Waals surface area contributed by atoms with E-state index >= 15 is 0 Å². The fourth-order valence-electron chi connectivity index (χ4n) is 0.760. The van der Waals surface area contributed by atoms with Crippen molar-refractivity contribution >= 4 is 0 Å². The molecule has 0 aromatic heterocycles. The number of rotatable bonds is 10. The molecule has 0 saturated heterocycles. The van der Waals surface area contributed by atoms with Gasteiger partial charge in [-0.3, -0.25) is 0 Å². The molecule has 0 amide bonds. The summed E-state index contributed by atoms with van der Waals surface area (Å²) in [5.74, 6) is 0. The zero-order valence-electron chi connectivity index (χ0n) is 12.2. The Morgan fingerprint density at radius 3 is 1.95 bits per heavy atom. The van der Waals surface area contributed by atoms with Gasteiger partial charge in [0.25, 0.3) is 0 Å². The van der Waals surface area contributed by atoms with Gasteiger partial charge in [0.15, 0.2) is 0 Å². The van der Waals surface area contributed by atoms with E-state index in [0.29, 0.717) is 6.42 Å². The van der Waals surface area contributed by atoms with E-state index in [1.807, 2.05) is 0 Å². The molecule has 0 fully saturated rings. The van der Waals surface area contributed by atoms with Crippen LogP contribution in [-0.4, -0.2) is 71.8 Å². The minimum atomic E-state index is -3.80. The van der Waals surface area contributed by atoms with E-state index in [0.717, 1.165) is 0 Å². The molecule has 0 saturated carbocycles. The minimum Gasteiger partial charge on any atom is -0.419 e. The fraction of sp³-hybridized carbons (Fsp3) is 0.909. The number of ether oxygens (including phenoxy) is 2. The Bertz CT molecular complexity index is 233. The molecule has 0 rings (SSSR count). The van der Waals surface area contributed by atoms with Crippen LogP contribution in [0, 0.1) is 6.43 Å². The molecule has 2 unspecified atom stereocenters. The molecule has 2 atom stereocenters. The van der Waals surface area contributed by atoms with Crippen LogP contribution in [0.4, 0.5) is 17.6 Å². The summed E-state index contributed by atoms with van der Waals surface area (Å²) >= 11 is 0. The van der Waals surface area contributed by atoms with E-state index in [4.69, 9.17) is 20.4 Å². The smallest absolute Gasteiger partial charge is 0.376 e. The van der Waals surface area contributed by atoms with Crippen LogP contribution in [-0.2, 0) is 9.47 Å². The second-order valence-electron chi connectivity index (χ2n) is 3.93. The summed E-state index contributed by atoms with van der Waals surface area (Å²) in [6, 6.07) is 0. The van der Waals surface area contributed by atoms with Gasteiger partial charge in [0, 0.05) is 6.43 Å². The average molecular weight is 592 g/mol. The van der Waals surface area contributed by atoms with Crippen LogP contribution < -0.4 is 0 Å². The first-order chi connectivity index (χ1) is 9.62. The molecule has 0 heterocycles. The number of hydrogen-bond donors (Lipinski definition) is 4. The maximum Gasteiger partial charge on any atom is 0.376 e. The quantitative estimate of drug-likeness (QED) is 0.213. The molecular formula is C11H21F4O6Rf-. The molecule has 22 heavy (non-hydrogen) atoms. The van der Waals surface area contributed by atoms with Crippen LogP contribution in [0.25, 0.3) is 0 Å². The molecule has 0 radical (unpaired) electrons. The molecular weight excluding hydrogens is 571 g/mol. The van der Waals surface area contributed by atoms with Gasteiger partial charge in [-0.15, -0.1) is 0 Å². The number of aliphatic hydroxyl groups is 4. The van der Waals surface area contributed by atoms with Crippen LogP contribution in [0.3, 0.4) is 0 Å². The number of aliphatic hydroxyl groups excluding tert-OH is 3. The monoisotopic (exact) mass is 592 g/mol. The Morgan fingerprint density at radius 1 is 1.09 bits per heavy atom.